The van der Waals surface area contributed by atoms with Crippen LogP contribution in [0.2, 0.25) is 0 Å². The van der Waals surface area contributed by atoms with Crippen LogP contribution in [0.4, 0.5) is 25.7 Å². The Bertz CT molecular complexity index is 1100. The van der Waals surface area contributed by atoms with Crippen LogP contribution in [0.1, 0.15) is 51.3 Å². The molecule has 0 radical (unpaired) electrons. The summed E-state index contributed by atoms with van der Waals surface area (Å²) in [5.41, 5.74) is 1.37. The highest BCUT2D eigenvalue weighted by Gasteiger charge is 2.34. The van der Waals surface area contributed by atoms with Crippen molar-refractivity contribution in [1.82, 2.24) is 19.8 Å². The lowest BCUT2D eigenvalue weighted by molar-refractivity contribution is 0.0139. The zero-order valence-electron chi connectivity index (χ0n) is 22.5. The molecule has 1 unspecified atom stereocenters. The van der Waals surface area contributed by atoms with Crippen molar-refractivity contribution >= 4 is 24.0 Å². The molecule has 1 aromatic heterocycles. The van der Waals surface area contributed by atoms with Gasteiger partial charge in [0.15, 0.2) is 0 Å². The highest BCUT2D eigenvalue weighted by atomic mass is 19.1. The van der Waals surface area contributed by atoms with E-state index in [2.05, 4.69) is 20.2 Å². The van der Waals surface area contributed by atoms with Gasteiger partial charge in [-0.3, -0.25) is 9.80 Å². The maximum atomic E-state index is 14.0. The summed E-state index contributed by atoms with van der Waals surface area (Å²) in [6, 6.07) is 8.70. The molecule has 11 heteroatoms. The maximum Gasteiger partial charge on any atom is 0.415 e. The van der Waals surface area contributed by atoms with Crippen LogP contribution in [-0.4, -0.2) is 83.1 Å². The van der Waals surface area contributed by atoms with Crippen LogP contribution >= 0.6 is 0 Å². The van der Waals surface area contributed by atoms with Gasteiger partial charge in [0.1, 0.15) is 24.7 Å². The zero-order valence-corrected chi connectivity index (χ0v) is 22.5. The molecule has 0 aliphatic carbocycles. The first kappa shape index (κ1) is 27.6. The molecule has 2 fully saturated rings. The number of hydrogen-bond donors (Lipinski definition) is 1. The van der Waals surface area contributed by atoms with Crippen LogP contribution < -0.4 is 10.2 Å². The number of nitrogens with zero attached hydrogens (tertiary/aromatic N) is 5. The van der Waals surface area contributed by atoms with Gasteiger partial charge in [-0.1, -0.05) is 31.2 Å². The van der Waals surface area contributed by atoms with Gasteiger partial charge in [0.05, 0.1) is 12.1 Å². The number of piperazine rings is 1. The van der Waals surface area contributed by atoms with Crippen molar-refractivity contribution in [2.45, 2.75) is 58.3 Å². The van der Waals surface area contributed by atoms with E-state index in [4.69, 9.17) is 9.47 Å². The van der Waals surface area contributed by atoms with E-state index in [-0.39, 0.29) is 18.1 Å². The van der Waals surface area contributed by atoms with Gasteiger partial charge in [-0.2, -0.15) is 4.98 Å². The highest BCUT2D eigenvalue weighted by Crippen LogP contribution is 2.25. The molecule has 4 rings (SSSR count). The molecule has 2 aromatic rings. The lowest BCUT2D eigenvalue weighted by atomic mass is 10.1. The number of cyclic esters (lactones) is 1. The van der Waals surface area contributed by atoms with Crippen molar-refractivity contribution in [2.24, 2.45) is 0 Å². The molecule has 2 aliphatic rings. The molecule has 3 heterocycles. The Balaban J connectivity index is 1.33. The van der Waals surface area contributed by atoms with E-state index in [1.807, 2.05) is 52.0 Å². The molecule has 1 aromatic carbocycles. The second-order valence-electron chi connectivity index (χ2n) is 10.6. The number of carbonyl (C=O) groups is 2. The average Bonchev–Trinajstić information content (AvgIpc) is 3.28. The summed E-state index contributed by atoms with van der Waals surface area (Å²) < 4.78 is 24.7. The summed E-state index contributed by atoms with van der Waals surface area (Å²) in [6.07, 6.45) is 1.57. The quantitative estimate of drug-likeness (QED) is 0.539. The van der Waals surface area contributed by atoms with Crippen LogP contribution in [0.15, 0.2) is 36.5 Å². The summed E-state index contributed by atoms with van der Waals surface area (Å²) in [5, 5.41) is 3.05. The topological polar surface area (TPSA) is 100 Å². The number of ether oxygens (including phenoxy) is 2. The van der Waals surface area contributed by atoms with E-state index in [1.165, 1.54) is 4.90 Å². The second-order valence-corrected chi connectivity index (χ2v) is 10.6. The van der Waals surface area contributed by atoms with E-state index in [0.29, 0.717) is 25.5 Å². The molecule has 0 bridgehead atoms. The van der Waals surface area contributed by atoms with Gasteiger partial charge in [0, 0.05) is 38.9 Å². The first-order chi connectivity index (χ1) is 18.2. The SMILES string of the molecule is CC[C@H]1COC(=O)N1c1ccnc(NC(CF)c2ccc(CN3CCN(C(=O)OC(C)(C)C)CC3)cc2)n1. The molecule has 206 valence electrons. The predicted molar refractivity (Wildman–Crippen MR) is 142 cm³/mol. The smallest absolute Gasteiger partial charge is 0.415 e. The predicted octanol–water partition coefficient (Wildman–Crippen LogP) is 4.39. The number of alkyl halides is 1. The Morgan fingerprint density at radius 1 is 1.18 bits per heavy atom. The minimum Gasteiger partial charge on any atom is -0.447 e. The number of rotatable bonds is 8. The molecule has 0 spiro atoms. The van der Waals surface area contributed by atoms with Crippen molar-refractivity contribution in [3.05, 3.63) is 47.7 Å². The molecule has 2 atom stereocenters. The molecule has 1 N–H and O–H groups in total. The molecular weight excluding hydrogens is 491 g/mol. The molecule has 38 heavy (non-hydrogen) atoms. The average molecular weight is 529 g/mol. The monoisotopic (exact) mass is 528 g/mol. The fraction of sp³-hybridized carbons (Fsp3) is 0.556. The summed E-state index contributed by atoms with van der Waals surface area (Å²) in [6.45, 7) is 10.7. The minimum atomic E-state index is -0.650. The molecule has 2 aliphatic heterocycles. The lowest BCUT2D eigenvalue weighted by Gasteiger charge is -2.35. The Morgan fingerprint density at radius 3 is 2.53 bits per heavy atom. The van der Waals surface area contributed by atoms with E-state index in [1.54, 1.807) is 17.2 Å². The number of anilines is 2. The standard InChI is InChI=1S/C27H37FN6O4/c1-5-21-18-37-26(36)34(21)23-10-11-29-24(31-23)30-22(16-28)20-8-6-19(7-9-20)17-32-12-14-33(15-13-32)25(35)38-27(2,3)4/h6-11,21-22H,5,12-18H2,1-4H3,(H,29,30,31)/t21-,22?/m0/s1. The largest absolute Gasteiger partial charge is 0.447 e. The third kappa shape index (κ3) is 6.89. The molecule has 2 amide bonds. The van der Waals surface area contributed by atoms with Crippen molar-refractivity contribution in [1.29, 1.82) is 0 Å². The molecule has 10 nitrogen and oxygen atoms in total. The van der Waals surface area contributed by atoms with E-state index < -0.39 is 24.4 Å². The first-order valence-corrected chi connectivity index (χ1v) is 13.1. The molecule has 0 saturated carbocycles. The van der Waals surface area contributed by atoms with E-state index >= 15 is 0 Å². The Labute approximate surface area is 223 Å². The van der Waals surface area contributed by atoms with Gasteiger partial charge in [0.2, 0.25) is 5.95 Å². The first-order valence-electron chi connectivity index (χ1n) is 13.1. The van der Waals surface area contributed by atoms with Crippen LogP contribution in [0.5, 0.6) is 0 Å². The number of nitrogens with one attached hydrogen (secondary N) is 1. The van der Waals surface area contributed by atoms with E-state index in [0.717, 1.165) is 37.2 Å². The van der Waals surface area contributed by atoms with Crippen molar-refractivity contribution in [3.63, 3.8) is 0 Å². The van der Waals surface area contributed by atoms with Gasteiger partial charge < -0.3 is 19.7 Å². The minimum absolute atomic E-state index is 0.0879. The van der Waals surface area contributed by atoms with Gasteiger partial charge >= 0.3 is 12.2 Å². The summed E-state index contributed by atoms with van der Waals surface area (Å²) >= 11 is 0. The highest BCUT2D eigenvalue weighted by molar-refractivity contribution is 5.89. The number of hydrogen-bond acceptors (Lipinski definition) is 8. The molecule has 2 saturated heterocycles. The third-order valence-corrected chi connectivity index (χ3v) is 6.59. The Hall–Kier alpha value is -3.47. The number of halogens is 1. The Kier molecular flexibility index (Phi) is 8.65. The van der Waals surface area contributed by atoms with Crippen molar-refractivity contribution in [2.75, 3.05) is 49.7 Å². The third-order valence-electron chi connectivity index (χ3n) is 6.59. The summed E-state index contributed by atoms with van der Waals surface area (Å²) in [4.78, 5) is 38.7. The van der Waals surface area contributed by atoms with Crippen LogP contribution in [0.25, 0.3) is 0 Å². The summed E-state index contributed by atoms with van der Waals surface area (Å²) in [5.74, 6) is 0.670. The van der Waals surface area contributed by atoms with Gasteiger partial charge in [-0.05, 0) is 44.4 Å². The zero-order chi connectivity index (χ0) is 27.3. The van der Waals surface area contributed by atoms with Gasteiger partial charge in [0.25, 0.3) is 0 Å². The number of benzene rings is 1. The number of aromatic nitrogens is 2. The van der Waals surface area contributed by atoms with E-state index in [9.17, 15) is 14.0 Å². The van der Waals surface area contributed by atoms with Crippen LogP contribution in [0.3, 0.4) is 0 Å². The second kappa shape index (κ2) is 11.9. The van der Waals surface area contributed by atoms with Crippen molar-refractivity contribution < 1.29 is 23.5 Å². The fourth-order valence-corrected chi connectivity index (χ4v) is 4.49. The van der Waals surface area contributed by atoms with Crippen LogP contribution in [0, 0.1) is 0 Å². The summed E-state index contributed by atoms with van der Waals surface area (Å²) in [7, 11) is 0. The maximum absolute atomic E-state index is 14.0. The number of amides is 2. The lowest BCUT2D eigenvalue weighted by Crippen LogP contribution is -2.49. The number of carbonyl (C=O) groups excluding carboxylic acids is 2. The van der Waals surface area contributed by atoms with Gasteiger partial charge in [-0.15, -0.1) is 0 Å². The van der Waals surface area contributed by atoms with Crippen molar-refractivity contribution in [3.8, 4) is 0 Å². The van der Waals surface area contributed by atoms with Gasteiger partial charge in [-0.25, -0.2) is 19.0 Å². The normalized spacial score (nSPS) is 19.3. The van der Waals surface area contributed by atoms with Crippen LogP contribution in [-0.2, 0) is 16.0 Å². The Morgan fingerprint density at radius 2 is 1.89 bits per heavy atom. The fourth-order valence-electron chi connectivity index (χ4n) is 4.49. The molecular formula is C27H37FN6O4.